The SMILES string of the molecule is Cc1csc(-c2nc(CCO)cc(NC3CCC(F)(F)CC3)n2)n1. The van der Waals surface area contributed by atoms with Crippen LogP contribution >= 0.6 is 11.3 Å². The Labute approximate surface area is 143 Å². The zero-order chi connectivity index (χ0) is 17.2. The number of alkyl halides is 2. The van der Waals surface area contributed by atoms with Gasteiger partial charge in [0.05, 0.1) is 0 Å². The first-order valence-corrected chi connectivity index (χ1v) is 8.89. The minimum absolute atomic E-state index is 0.0115. The maximum Gasteiger partial charge on any atom is 0.248 e. The molecule has 24 heavy (non-hydrogen) atoms. The first kappa shape index (κ1) is 17.2. The largest absolute Gasteiger partial charge is 0.396 e. The van der Waals surface area contributed by atoms with Crippen molar-refractivity contribution in [2.24, 2.45) is 0 Å². The Kier molecular flexibility index (Phi) is 5.05. The number of hydrogen-bond donors (Lipinski definition) is 2. The van der Waals surface area contributed by atoms with Crippen LogP contribution in [0, 0.1) is 6.92 Å². The molecular formula is C16H20F2N4OS. The molecule has 0 atom stereocenters. The van der Waals surface area contributed by atoms with Crippen LogP contribution in [0.5, 0.6) is 0 Å². The number of hydrogen-bond acceptors (Lipinski definition) is 6. The van der Waals surface area contributed by atoms with Crippen LogP contribution in [0.4, 0.5) is 14.6 Å². The van der Waals surface area contributed by atoms with Crippen LogP contribution in [0.2, 0.25) is 0 Å². The molecule has 130 valence electrons. The molecule has 0 aliphatic heterocycles. The molecule has 0 aromatic carbocycles. The van der Waals surface area contributed by atoms with Gasteiger partial charge in [0.15, 0.2) is 10.8 Å². The van der Waals surface area contributed by atoms with Crippen LogP contribution in [0.15, 0.2) is 11.4 Å². The van der Waals surface area contributed by atoms with Crippen molar-refractivity contribution in [1.82, 2.24) is 15.0 Å². The van der Waals surface area contributed by atoms with Gasteiger partial charge in [-0.05, 0) is 19.8 Å². The van der Waals surface area contributed by atoms with Crippen molar-refractivity contribution in [1.29, 1.82) is 0 Å². The van der Waals surface area contributed by atoms with E-state index in [0.29, 0.717) is 41.6 Å². The van der Waals surface area contributed by atoms with E-state index in [1.165, 1.54) is 11.3 Å². The molecule has 0 bridgehead atoms. The van der Waals surface area contributed by atoms with Crippen molar-refractivity contribution in [3.05, 3.63) is 22.8 Å². The number of aliphatic hydroxyl groups is 1. The topological polar surface area (TPSA) is 70.9 Å². The molecule has 1 aliphatic rings. The van der Waals surface area contributed by atoms with E-state index in [0.717, 1.165) is 5.69 Å². The van der Waals surface area contributed by atoms with Gasteiger partial charge in [0.25, 0.3) is 0 Å². The van der Waals surface area contributed by atoms with Gasteiger partial charge in [-0.2, -0.15) is 0 Å². The molecule has 2 aromatic rings. The summed E-state index contributed by atoms with van der Waals surface area (Å²) >= 11 is 1.46. The molecule has 0 saturated heterocycles. The number of aromatic nitrogens is 3. The fourth-order valence-corrected chi connectivity index (χ4v) is 3.49. The van der Waals surface area contributed by atoms with E-state index in [4.69, 9.17) is 0 Å². The van der Waals surface area contributed by atoms with Crippen molar-refractivity contribution in [2.45, 2.75) is 51.0 Å². The van der Waals surface area contributed by atoms with Crippen LogP contribution < -0.4 is 5.32 Å². The van der Waals surface area contributed by atoms with E-state index in [-0.39, 0.29) is 25.5 Å². The Balaban J connectivity index is 1.80. The zero-order valence-corrected chi connectivity index (χ0v) is 14.2. The quantitative estimate of drug-likeness (QED) is 0.861. The Bertz CT molecular complexity index is 697. The average molecular weight is 354 g/mol. The molecule has 3 rings (SSSR count). The number of nitrogens with one attached hydrogen (secondary N) is 1. The molecule has 5 nitrogen and oxygen atoms in total. The third kappa shape index (κ3) is 4.24. The van der Waals surface area contributed by atoms with Gasteiger partial charge in [-0.25, -0.2) is 23.7 Å². The maximum atomic E-state index is 13.3. The molecule has 1 aliphatic carbocycles. The molecule has 2 N–H and O–H groups in total. The van der Waals surface area contributed by atoms with Crippen LogP contribution in [-0.2, 0) is 6.42 Å². The number of anilines is 1. The molecule has 0 radical (unpaired) electrons. The van der Waals surface area contributed by atoms with E-state index < -0.39 is 5.92 Å². The molecule has 0 unspecified atom stereocenters. The predicted molar refractivity (Wildman–Crippen MR) is 89.5 cm³/mol. The average Bonchev–Trinajstić information content (AvgIpc) is 2.96. The first-order chi connectivity index (χ1) is 11.4. The van der Waals surface area contributed by atoms with Crippen molar-refractivity contribution in [2.75, 3.05) is 11.9 Å². The smallest absolute Gasteiger partial charge is 0.248 e. The van der Waals surface area contributed by atoms with E-state index in [1.807, 2.05) is 12.3 Å². The van der Waals surface area contributed by atoms with Gasteiger partial charge < -0.3 is 10.4 Å². The highest BCUT2D eigenvalue weighted by molar-refractivity contribution is 7.13. The molecule has 1 saturated carbocycles. The highest BCUT2D eigenvalue weighted by atomic mass is 32.1. The van der Waals surface area contributed by atoms with Gasteiger partial charge in [-0.15, -0.1) is 11.3 Å². The summed E-state index contributed by atoms with van der Waals surface area (Å²) < 4.78 is 26.6. The Morgan fingerprint density at radius 3 is 2.67 bits per heavy atom. The lowest BCUT2D eigenvalue weighted by atomic mass is 9.92. The summed E-state index contributed by atoms with van der Waals surface area (Å²) in [5, 5.41) is 15.1. The fourth-order valence-electron chi connectivity index (χ4n) is 2.76. The normalized spacial score (nSPS) is 17.8. The molecule has 2 heterocycles. The summed E-state index contributed by atoms with van der Waals surface area (Å²) in [7, 11) is 0. The standard InChI is InChI=1S/C16H20F2N4OS/c1-10-9-24-15(19-10)14-21-12(4-7-23)8-13(22-14)20-11-2-5-16(17,18)6-3-11/h8-9,11,23H,2-7H2,1H3,(H,20,21,22). The lowest BCUT2D eigenvalue weighted by Gasteiger charge is -2.29. The highest BCUT2D eigenvalue weighted by Crippen LogP contribution is 2.34. The van der Waals surface area contributed by atoms with Crippen LogP contribution in [-0.4, -0.2) is 38.6 Å². The molecule has 0 spiro atoms. The van der Waals surface area contributed by atoms with Crippen molar-refractivity contribution in [3.63, 3.8) is 0 Å². The lowest BCUT2D eigenvalue weighted by molar-refractivity contribution is -0.0361. The number of aliphatic hydroxyl groups excluding tert-OH is 1. The second-order valence-corrected chi connectivity index (χ2v) is 6.97. The predicted octanol–water partition coefficient (Wildman–Crippen LogP) is 3.43. The van der Waals surface area contributed by atoms with Crippen molar-refractivity contribution >= 4 is 17.2 Å². The minimum Gasteiger partial charge on any atom is -0.396 e. The number of thiazole rings is 1. The number of halogens is 2. The summed E-state index contributed by atoms with van der Waals surface area (Å²) in [6.07, 6.45) is 1.04. The maximum absolute atomic E-state index is 13.3. The van der Waals surface area contributed by atoms with Gasteiger partial charge in [0, 0.05) is 54.7 Å². The Hall–Kier alpha value is -1.67. The summed E-state index contributed by atoms with van der Waals surface area (Å²) in [6.45, 7) is 1.89. The first-order valence-electron chi connectivity index (χ1n) is 8.01. The molecule has 8 heteroatoms. The Morgan fingerprint density at radius 1 is 1.29 bits per heavy atom. The van der Waals surface area contributed by atoms with Crippen molar-refractivity contribution < 1.29 is 13.9 Å². The van der Waals surface area contributed by atoms with Gasteiger partial charge in [-0.1, -0.05) is 0 Å². The van der Waals surface area contributed by atoms with E-state index in [9.17, 15) is 13.9 Å². The summed E-state index contributed by atoms with van der Waals surface area (Å²) in [5.74, 6) is -1.44. The number of rotatable bonds is 5. The summed E-state index contributed by atoms with van der Waals surface area (Å²) in [6, 6.07) is 1.75. The van der Waals surface area contributed by atoms with E-state index in [1.54, 1.807) is 6.07 Å². The monoisotopic (exact) mass is 354 g/mol. The molecular weight excluding hydrogens is 334 g/mol. The third-order valence-corrected chi connectivity index (χ3v) is 4.98. The minimum atomic E-state index is -2.55. The molecule has 1 fully saturated rings. The van der Waals surface area contributed by atoms with Gasteiger partial charge in [-0.3, -0.25) is 0 Å². The second-order valence-electron chi connectivity index (χ2n) is 6.11. The third-order valence-electron chi connectivity index (χ3n) is 4.03. The van der Waals surface area contributed by atoms with E-state index in [2.05, 4.69) is 20.3 Å². The van der Waals surface area contributed by atoms with Crippen LogP contribution in [0.25, 0.3) is 10.8 Å². The lowest BCUT2D eigenvalue weighted by Crippen LogP contribution is -2.32. The van der Waals surface area contributed by atoms with Gasteiger partial charge in [0.1, 0.15) is 5.82 Å². The second kappa shape index (κ2) is 7.06. The van der Waals surface area contributed by atoms with Crippen LogP contribution in [0.1, 0.15) is 37.1 Å². The zero-order valence-electron chi connectivity index (χ0n) is 13.4. The highest BCUT2D eigenvalue weighted by Gasteiger charge is 2.35. The number of nitrogens with zero attached hydrogens (tertiary/aromatic N) is 3. The summed E-state index contributed by atoms with van der Waals surface area (Å²) in [4.78, 5) is 13.3. The van der Waals surface area contributed by atoms with Gasteiger partial charge in [0.2, 0.25) is 5.92 Å². The molecule has 2 aromatic heterocycles. The summed E-state index contributed by atoms with van der Waals surface area (Å²) in [5.41, 5.74) is 1.61. The fraction of sp³-hybridized carbons (Fsp3) is 0.562. The molecule has 0 amide bonds. The van der Waals surface area contributed by atoms with Crippen molar-refractivity contribution in [3.8, 4) is 10.8 Å². The van der Waals surface area contributed by atoms with Gasteiger partial charge >= 0.3 is 0 Å². The number of aryl methyl sites for hydroxylation is 1. The van der Waals surface area contributed by atoms with E-state index >= 15 is 0 Å². The Morgan fingerprint density at radius 2 is 2.04 bits per heavy atom. The van der Waals surface area contributed by atoms with Crippen LogP contribution in [0.3, 0.4) is 0 Å².